The second-order valence-electron chi connectivity index (χ2n) is 4.92. The molecule has 0 saturated heterocycles. The summed E-state index contributed by atoms with van der Waals surface area (Å²) in [6, 6.07) is 9.20. The standard InChI is InChI=1S/C13H22N2O2S/c1-4-15(13(2,3)11-14)18(16,17)10-12-8-6-5-7-9-12/h5-9H,4,10-11,14H2,1-3H3. The Morgan fingerprint density at radius 2 is 1.78 bits per heavy atom. The van der Waals surface area contributed by atoms with E-state index in [1.807, 2.05) is 51.1 Å². The predicted octanol–water partition coefficient (Wildman–Crippen LogP) is 1.58. The Labute approximate surface area is 110 Å². The van der Waals surface area contributed by atoms with Gasteiger partial charge >= 0.3 is 0 Å². The van der Waals surface area contributed by atoms with Gasteiger partial charge in [0.25, 0.3) is 0 Å². The highest BCUT2D eigenvalue weighted by atomic mass is 32.2. The number of hydrogen-bond donors (Lipinski definition) is 1. The van der Waals surface area contributed by atoms with Crippen molar-refractivity contribution in [2.45, 2.75) is 32.1 Å². The third-order valence-corrected chi connectivity index (χ3v) is 5.11. The molecule has 0 fully saturated rings. The zero-order valence-electron chi connectivity index (χ0n) is 11.3. The van der Waals surface area contributed by atoms with Gasteiger partial charge in [0.1, 0.15) is 0 Å². The minimum Gasteiger partial charge on any atom is -0.329 e. The number of nitrogens with two attached hydrogens (primary N) is 1. The molecule has 0 aliphatic heterocycles. The molecule has 0 atom stereocenters. The van der Waals surface area contributed by atoms with E-state index in [0.717, 1.165) is 5.56 Å². The highest BCUT2D eigenvalue weighted by molar-refractivity contribution is 7.88. The SMILES string of the molecule is CCN(C(C)(C)CN)S(=O)(=O)Cc1ccccc1. The fourth-order valence-electron chi connectivity index (χ4n) is 1.97. The summed E-state index contributed by atoms with van der Waals surface area (Å²) >= 11 is 0. The topological polar surface area (TPSA) is 63.4 Å². The van der Waals surface area contributed by atoms with Gasteiger partial charge in [-0.3, -0.25) is 0 Å². The lowest BCUT2D eigenvalue weighted by Crippen LogP contribution is -2.52. The molecular formula is C13H22N2O2S. The quantitative estimate of drug-likeness (QED) is 0.853. The molecule has 5 heteroatoms. The molecule has 0 bridgehead atoms. The monoisotopic (exact) mass is 270 g/mol. The third-order valence-electron chi connectivity index (χ3n) is 2.99. The van der Waals surface area contributed by atoms with Gasteiger partial charge in [-0.15, -0.1) is 0 Å². The maximum absolute atomic E-state index is 12.4. The Hall–Kier alpha value is -0.910. The van der Waals surface area contributed by atoms with Gasteiger partial charge in [0, 0.05) is 18.6 Å². The molecule has 0 heterocycles. The van der Waals surface area contributed by atoms with Gasteiger partial charge in [-0.25, -0.2) is 8.42 Å². The molecule has 0 aliphatic rings. The number of rotatable bonds is 6. The first-order valence-electron chi connectivity index (χ1n) is 6.08. The van der Waals surface area contributed by atoms with Crippen LogP contribution in [0, 0.1) is 0 Å². The third kappa shape index (κ3) is 3.54. The first kappa shape index (κ1) is 15.1. The minimum absolute atomic E-state index is 0.0190. The Morgan fingerprint density at radius 3 is 2.22 bits per heavy atom. The van der Waals surface area contributed by atoms with Gasteiger partial charge in [0.15, 0.2) is 0 Å². The summed E-state index contributed by atoms with van der Waals surface area (Å²) in [6.45, 7) is 6.26. The first-order chi connectivity index (χ1) is 8.33. The zero-order chi connectivity index (χ0) is 13.8. The van der Waals surface area contributed by atoms with Crippen LogP contribution in [0.1, 0.15) is 26.3 Å². The van der Waals surface area contributed by atoms with Crippen LogP contribution < -0.4 is 5.73 Å². The number of hydrogen-bond acceptors (Lipinski definition) is 3. The molecule has 102 valence electrons. The molecule has 1 aromatic carbocycles. The molecule has 1 rings (SSSR count). The van der Waals surface area contributed by atoms with E-state index in [1.54, 1.807) is 0 Å². The van der Waals surface area contributed by atoms with Crippen LogP contribution in [-0.2, 0) is 15.8 Å². The molecule has 0 amide bonds. The van der Waals surface area contributed by atoms with Crippen LogP contribution in [0.15, 0.2) is 30.3 Å². The molecule has 0 aromatic heterocycles. The van der Waals surface area contributed by atoms with Crippen LogP contribution in [0.4, 0.5) is 0 Å². The summed E-state index contributed by atoms with van der Waals surface area (Å²) in [5.41, 5.74) is 5.91. The lowest BCUT2D eigenvalue weighted by atomic mass is 10.1. The largest absolute Gasteiger partial charge is 0.329 e. The van der Waals surface area contributed by atoms with Crippen molar-refractivity contribution < 1.29 is 8.42 Å². The molecule has 0 unspecified atom stereocenters. The predicted molar refractivity (Wildman–Crippen MR) is 74.6 cm³/mol. The molecule has 2 N–H and O–H groups in total. The fourth-order valence-corrected chi connectivity index (χ4v) is 3.96. The van der Waals surface area contributed by atoms with Gasteiger partial charge in [0.2, 0.25) is 10.0 Å². The normalized spacial score (nSPS) is 12.9. The van der Waals surface area contributed by atoms with Crippen molar-refractivity contribution >= 4 is 10.0 Å². The highest BCUT2D eigenvalue weighted by Gasteiger charge is 2.33. The maximum Gasteiger partial charge on any atom is 0.218 e. The average molecular weight is 270 g/mol. The molecule has 18 heavy (non-hydrogen) atoms. The van der Waals surface area contributed by atoms with Crippen LogP contribution in [0.5, 0.6) is 0 Å². The number of benzene rings is 1. The van der Waals surface area contributed by atoms with E-state index in [1.165, 1.54) is 4.31 Å². The maximum atomic E-state index is 12.4. The van der Waals surface area contributed by atoms with E-state index in [-0.39, 0.29) is 5.75 Å². The van der Waals surface area contributed by atoms with Crippen molar-refractivity contribution in [3.8, 4) is 0 Å². The second kappa shape index (κ2) is 5.82. The van der Waals surface area contributed by atoms with Gasteiger partial charge in [-0.2, -0.15) is 4.31 Å². The molecule has 0 aliphatic carbocycles. The Balaban J connectivity index is 2.98. The van der Waals surface area contributed by atoms with Crippen molar-refractivity contribution in [3.63, 3.8) is 0 Å². The summed E-state index contributed by atoms with van der Waals surface area (Å²) < 4.78 is 26.3. The van der Waals surface area contributed by atoms with Gasteiger partial charge in [-0.1, -0.05) is 37.3 Å². The van der Waals surface area contributed by atoms with Crippen LogP contribution in [0.25, 0.3) is 0 Å². The van der Waals surface area contributed by atoms with Crippen molar-refractivity contribution in [1.29, 1.82) is 0 Å². The van der Waals surface area contributed by atoms with Gasteiger partial charge in [0.05, 0.1) is 5.75 Å². The Bertz CT molecular complexity index is 469. The lowest BCUT2D eigenvalue weighted by molar-refractivity contribution is 0.244. The van der Waals surface area contributed by atoms with E-state index in [2.05, 4.69) is 0 Å². The van der Waals surface area contributed by atoms with E-state index in [0.29, 0.717) is 13.1 Å². The molecule has 0 spiro atoms. The Kier molecular flexibility index (Phi) is 4.90. The van der Waals surface area contributed by atoms with E-state index in [4.69, 9.17) is 5.73 Å². The molecule has 1 aromatic rings. The summed E-state index contributed by atoms with van der Waals surface area (Å²) in [4.78, 5) is 0. The zero-order valence-corrected chi connectivity index (χ0v) is 12.1. The highest BCUT2D eigenvalue weighted by Crippen LogP contribution is 2.20. The number of likely N-dealkylation sites (N-methyl/N-ethyl adjacent to an activating group) is 1. The minimum atomic E-state index is -3.34. The summed E-state index contributed by atoms with van der Waals surface area (Å²) in [5, 5.41) is 0. The summed E-state index contributed by atoms with van der Waals surface area (Å²) in [6.07, 6.45) is 0. The second-order valence-corrected chi connectivity index (χ2v) is 6.82. The van der Waals surface area contributed by atoms with E-state index < -0.39 is 15.6 Å². The van der Waals surface area contributed by atoms with Crippen molar-refractivity contribution in [2.75, 3.05) is 13.1 Å². The van der Waals surface area contributed by atoms with Gasteiger partial charge in [-0.05, 0) is 19.4 Å². The smallest absolute Gasteiger partial charge is 0.218 e. The van der Waals surface area contributed by atoms with Crippen molar-refractivity contribution in [1.82, 2.24) is 4.31 Å². The number of sulfonamides is 1. The molecular weight excluding hydrogens is 248 g/mol. The van der Waals surface area contributed by atoms with E-state index in [9.17, 15) is 8.42 Å². The average Bonchev–Trinajstić information content (AvgIpc) is 2.29. The summed E-state index contributed by atoms with van der Waals surface area (Å²) in [7, 11) is -3.34. The lowest BCUT2D eigenvalue weighted by Gasteiger charge is -2.35. The molecule has 0 radical (unpaired) electrons. The van der Waals surface area contributed by atoms with Crippen molar-refractivity contribution in [2.24, 2.45) is 5.73 Å². The van der Waals surface area contributed by atoms with Crippen molar-refractivity contribution in [3.05, 3.63) is 35.9 Å². The molecule has 4 nitrogen and oxygen atoms in total. The van der Waals surface area contributed by atoms with Crippen LogP contribution in [0.2, 0.25) is 0 Å². The van der Waals surface area contributed by atoms with E-state index >= 15 is 0 Å². The van der Waals surface area contributed by atoms with Crippen LogP contribution >= 0.6 is 0 Å². The number of nitrogens with zero attached hydrogens (tertiary/aromatic N) is 1. The van der Waals surface area contributed by atoms with Crippen LogP contribution in [0.3, 0.4) is 0 Å². The summed E-state index contributed by atoms with van der Waals surface area (Å²) in [5.74, 6) is 0.0190. The van der Waals surface area contributed by atoms with Crippen LogP contribution in [-0.4, -0.2) is 31.4 Å². The fraction of sp³-hybridized carbons (Fsp3) is 0.538. The first-order valence-corrected chi connectivity index (χ1v) is 7.69. The Morgan fingerprint density at radius 1 is 1.22 bits per heavy atom. The molecule has 0 saturated carbocycles. The van der Waals surface area contributed by atoms with Gasteiger partial charge < -0.3 is 5.73 Å².